The number of fused-ring (bicyclic) bond motifs is 2. The second-order valence-corrected chi connectivity index (χ2v) is 13.0. The fourth-order valence-electron chi connectivity index (χ4n) is 5.41. The molecule has 178 valence electrons. The molecule has 0 unspecified atom stereocenters. The Morgan fingerprint density at radius 3 is 2.62 bits per heavy atom. The van der Waals surface area contributed by atoms with Gasteiger partial charge in [-0.1, -0.05) is 6.92 Å². The Labute approximate surface area is 190 Å². The van der Waals surface area contributed by atoms with Crippen molar-refractivity contribution in [3.63, 3.8) is 0 Å². The molecule has 1 fully saturated rings. The van der Waals surface area contributed by atoms with Crippen molar-refractivity contribution >= 4 is 26.0 Å². The maximum Gasteiger partial charge on any atom is 0.305 e. The van der Waals surface area contributed by atoms with Crippen molar-refractivity contribution in [2.75, 3.05) is 32.3 Å². The van der Waals surface area contributed by atoms with Crippen LogP contribution in [0.1, 0.15) is 38.2 Å². The maximum absolute atomic E-state index is 15.4. The number of hydrogen-bond acceptors (Lipinski definition) is 6. The molecule has 2 heterocycles. The SMILES string of the molecule is COC(=O)CCCCN1C(=O)[C@@]2(O[C@@H](CCO)[C@H]([Si](C)(C)F)[C@H]2C)c2cc(OC)ccc21. The quantitative estimate of drug-likeness (QED) is 0.259. The van der Waals surface area contributed by atoms with Crippen LogP contribution in [-0.2, 0) is 24.7 Å². The van der Waals surface area contributed by atoms with Gasteiger partial charge in [-0.25, -0.2) is 0 Å². The van der Waals surface area contributed by atoms with E-state index in [1.807, 2.05) is 19.1 Å². The summed E-state index contributed by atoms with van der Waals surface area (Å²) in [5.74, 6) is -0.297. The third kappa shape index (κ3) is 4.17. The van der Waals surface area contributed by atoms with Crippen LogP contribution in [0.25, 0.3) is 0 Å². The van der Waals surface area contributed by atoms with Gasteiger partial charge in [-0.3, -0.25) is 9.59 Å². The average Bonchev–Trinajstić information content (AvgIpc) is 3.17. The highest BCUT2D eigenvalue weighted by molar-refractivity contribution is 6.72. The van der Waals surface area contributed by atoms with Crippen molar-refractivity contribution in [3.8, 4) is 5.75 Å². The molecule has 1 saturated heterocycles. The van der Waals surface area contributed by atoms with Gasteiger partial charge in [0.2, 0.25) is 8.41 Å². The molecule has 0 aliphatic carbocycles. The van der Waals surface area contributed by atoms with Crippen LogP contribution in [0.2, 0.25) is 18.6 Å². The number of nitrogens with zero attached hydrogens (tertiary/aromatic N) is 1. The van der Waals surface area contributed by atoms with Gasteiger partial charge in [0.05, 0.1) is 26.0 Å². The number of hydrogen-bond donors (Lipinski definition) is 1. The first-order valence-electron chi connectivity index (χ1n) is 11.2. The molecular formula is C23H34FNO6Si. The number of esters is 1. The summed E-state index contributed by atoms with van der Waals surface area (Å²) in [6.07, 6.45) is 1.23. The number of unbranched alkanes of at least 4 members (excludes halogenated alkanes) is 1. The number of anilines is 1. The molecule has 0 radical (unpaired) electrons. The molecule has 1 amide bonds. The first kappa shape index (κ1) is 24.7. The second kappa shape index (κ2) is 9.49. The van der Waals surface area contributed by atoms with Gasteiger partial charge < -0.3 is 28.3 Å². The summed E-state index contributed by atoms with van der Waals surface area (Å²) in [7, 11) is -0.300. The molecular weight excluding hydrogens is 433 g/mol. The lowest BCUT2D eigenvalue weighted by Gasteiger charge is -2.31. The Kier molecular flexibility index (Phi) is 7.31. The van der Waals surface area contributed by atoms with Crippen LogP contribution in [0.5, 0.6) is 5.75 Å². The Balaban J connectivity index is 1.99. The number of halogens is 1. The van der Waals surface area contributed by atoms with Crippen LogP contribution in [0, 0.1) is 5.92 Å². The molecule has 4 atom stereocenters. The standard InChI is InChI=1S/C23H34FNO6Si/c1-15-21(32(4,5)24)19(11-13-26)31-23(15)17-14-16(29-2)9-10-18(17)25(22(23)28)12-7-6-8-20(27)30-3/h9-10,14-15,19,21,26H,6-8,11-13H2,1-5H3/t15-,19+,21-,23+/m1/s1. The van der Waals surface area contributed by atoms with E-state index in [9.17, 15) is 14.7 Å². The minimum Gasteiger partial charge on any atom is -0.497 e. The number of amides is 1. The fourth-order valence-corrected chi connectivity index (χ4v) is 7.96. The van der Waals surface area contributed by atoms with Crippen molar-refractivity contribution in [1.29, 1.82) is 0 Å². The third-order valence-corrected chi connectivity index (χ3v) is 9.28. The predicted molar refractivity (Wildman–Crippen MR) is 121 cm³/mol. The van der Waals surface area contributed by atoms with Gasteiger partial charge in [0.15, 0.2) is 5.60 Å². The lowest BCUT2D eigenvalue weighted by Crippen LogP contribution is -2.45. The van der Waals surface area contributed by atoms with Gasteiger partial charge in [0.1, 0.15) is 5.75 Å². The van der Waals surface area contributed by atoms with Crippen molar-refractivity contribution in [2.45, 2.75) is 62.9 Å². The zero-order chi connectivity index (χ0) is 23.7. The Morgan fingerprint density at radius 1 is 1.31 bits per heavy atom. The Bertz CT molecular complexity index is 859. The minimum absolute atomic E-state index is 0.134. The third-order valence-electron chi connectivity index (χ3n) is 6.82. The van der Waals surface area contributed by atoms with Crippen LogP contribution in [0.3, 0.4) is 0 Å². The summed E-state index contributed by atoms with van der Waals surface area (Å²) in [5, 5.41) is 9.59. The molecule has 2 aliphatic heterocycles. The van der Waals surface area contributed by atoms with Gasteiger partial charge in [-0.05, 0) is 50.6 Å². The summed E-state index contributed by atoms with van der Waals surface area (Å²) < 4.78 is 32.0. The van der Waals surface area contributed by atoms with Gasteiger partial charge in [0.25, 0.3) is 5.91 Å². The number of ether oxygens (including phenoxy) is 3. The van der Waals surface area contributed by atoms with E-state index >= 15 is 4.11 Å². The van der Waals surface area contributed by atoms with E-state index in [0.29, 0.717) is 30.7 Å². The molecule has 1 aromatic carbocycles. The zero-order valence-corrected chi connectivity index (χ0v) is 20.5. The van der Waals surface area contributed by atoms with Gasteiger partial charge >= 0.3 is 5.97 Å². The van der Waals surface area contributed by atoms with E-state index in [1.54, 1.807) is 31.2 Å². The molecule has 0 saturated carbocycles. The smallest absolute Gasteiger partial charge is 0.305 e. The number of rotatable bonds is 9. The minimum atomic E-state index is -3.21. The van der Waals surface area contributed by atoms with E-state index < -0.39 is 31.6 Å². The summed E-state index contributed by atoms with van der Waals surface area (Å²) in [6, 6.07) is 5.44. The summed E-state index contributed by atoms with van der Waals surface area (Å²) in [4.78, 5) is 27.0. The van der Waals surface area contributed by atoms with Gasteiger partial charge in [-0.2, -0.15) is 0 Å². The molecule has 7 nitrogen and oxygen atoms in total. The monoisotopic (exact) mass is 467 g/mol. The maximum atomic E-state index is 15.4. The van der Waals surface area contributed by atoms with E-state index in [2.05, 4.69) is 4.74 Å². The van der Waals surface area contributed by atoms with Crippen LogP contribution in [0.15, 0.2) is 18.2 Å². The first-order valence-corrected chi connectivity index (χ1v) is 14.1. The van der Waals surface area contributed by atoms with Crippen LogP contribution < -0.4 is 9.64 Å². The highest BCUT2D eigenvalue weighted by Crippen LogP contribution is 2.60. The van der Waals surface area contributed by atoms with Crippen LogP contribution in [0.4, 0.5) is 9.80 Å². The highest BCUT2D eigenvalue weighted by Gasteiger charge is 2.66. The van der Waals surface area contributed by atoms with E-state index in [4.69, 9.17) is 9.47 Å². The predicted octanol–water partition coefficient (Wildman–Crippen LogP) is 3.54. The largest absolute Gasteiger partial charge is 0.497 e. The molecule has 2 aliphatic rings. The summed E-state index contributed by atoms with van der Waals surface area (Å²) >= 11 is 0. The van der Waals surface area contributed by atoms with Crippen LogP contribution in [-0.4, -0.2) is 58.9 Å². The lowest BCUT2D eigenvalue weighted by atomic mass is 9.82. The number of carbonyl (C=O) groups excluding carboxylic acids is 2. The molecule has 1 spiro atoms. The second-order valence-electron chi connectivity index (χ2n) is 9.16. The number of aliphatic hydroxyl groups excluding tert-OH is 1. The van der Waals surface area contributed by atoms with E-state index in [-0.39, 0.29) is 31.3 Å². The zero-order valence-electron chi connectivity index (χ0n) is 19.5. The lowest BCUT2D eigenvalue weighted by molar-refractivity contribution is -0.146. The van der Waals surface area contributed by atoms with Crippen molar-refractivity contribution in [1.82, 2.24) is 0 Å². The van der Waals surface area contributed by atoms with Crippen molar-refractivity contribution in [2.24, 2.45) is 5.92 Å². The highest BCUT2D eigenvalue weighted by atomic mass is 28.4. The summed E-state index contributed by atoms with van der Waals surface area (Å²) in [6.45, 7) is 5.44. The molecule has 3 rings (SSSR count). The van der Waals surface area contributed by atoms with E-state index in [1.165, 1.54) is 7.11 Å². The number of benzene rings is 1. The van der Waals surface area contributed by atoms with Crippen molar-refractivity contribution < 1.29 is 33.0 Å². The van der Waals surface area contributed by atoms with Crippen molar-refractivity contribution in [3.05, 3.63) is 23.8 Å². The fraction of sp³-hybridized carbons (Fsp3) is 0.652. The Morgan fingerprint density at radius 2 is 2.03 bits per heavy atom. The number of aliphatic hydroxyl groups is 1. The first-order chi connectivity index (χ1) is 15.1. The molecule has 9 heteroatoms. The molecule has 0 aromatic heterocycles. The average molecular weight is 468 g/mol. The number of carbonyl (C=O) groups is 2. The van der Waals surface area contributed by atoms with E-state index in [0.717, 1.165) is 5.69 Å². The van der Waals surface area contributed by atoms with Crippen LogP contribution >= 0.6 is 0 Å². The Hall–Kier alpha value is -1.97. The van der Waals surface area contributed by atoms with Gasteiger partial charge in [-0.15, -0.1) is 0 Å². The van der Waals surface area contributed by atoms with Gasteiger partial charge in [0, 0.05) is 36.6 Å². The molecule has 0 bridgehead atoms. The summed E-state index contributed by atoms with van der Waals surface area (Å²) in [5.41, 5.74) is -0.335. The molecule has 1 aromatic rings. The molecule has 32 heavy (non-hydrogen) atoms. The number of methoxy groups -OCH3 is 2. The topological polar surface area (TPSA) is 85.3 Å². The normalized spacial score (nSPS) is 27.2. The molecule has 1 N–H and O–H groups in total.